The highest BCUT2D eigenvalue weighted by atomic mass is 32.1. The van der Waals surface area contributed by atoms with Crippen molar-refractivity contribution in [2.24, 2.45) is 0 Å². The second-order valence-corrected chi connectivity index (χ2v) is 7.00. The molecule has 6 nitrogen and oxygen atoms in total. The lowest BCUT2D eigenvalue weighted by atomic mass is 10.2. The molecule has 7 heteroatoms. The van der Waals surface area contributed by atoms with E-state index < -0.39 is 0 Å². The van der Waals surface area contributed by atoms with Gasteiger partial charge in [0.15, 0.2) is 5.76 Å². The maximum atomic E-state index is 5.46. The summed E-state index contributed by atoms with van der Waals surface area (Å²) in [6.45, 7) is 1.55. The summed E-state index contributed by atoms with van der Waals surface area (Å²) in [5.41, 5.74) is 2.83. The van der Waals surface area contributed by atoms with Gasteiger partial charge < -0.3 is 4.52 Å². The first-order valence-electron chi connectivity index (χ1n) is 7.91. The topological polar surface area (TPSA) is 70.8 Å². The van der Waals surface area contributed by atoms with Crippen LogP contribution in [0.4, 0.5) is 0 Å². The summed E-state index contributed by atoms with van der Waals surface area (Å²) in [5, 5.41) is 11.1. The highest BCUT2D eigenvalue weighted by Crippen LogP contribution is 2.27. The molecular formula is C18H17N5OS. The van der Waals surface area contributed by atoms with Crippen molar-refractivity contribution in [3.63, 3.8) is 0 Å². The van der Waals surface area contributed by atoms with Crippen molar-refractivity contribution in [2.75, 3.05) is 7.05 Å². The monoisotopic (exact) mass is 351 g/mol. The molecule has 0 aliphatic heterocycles. The van der Waals surface area contributed by atoms with Gasteiger partial charge in [-0.15, -0.1) is 11.3 Å². The van der Waals surface area contributed by atoms with E-state index in [-0.39, 0.29) is 0 Å². The highest BCUT2D eigenvalue weighted by molar-refractivity contribution is 7.15. The van der Waals surface area contributed by atoms with Crippen molar-refractivity contribution in [3.05, 3.63) is 65.6 Å². The normalized spacial score (nSPS) is 11.3. The molecule has 0 saturated carbocycles. The molecule has 0 aliphatic carbocycles. The fourth-order valence-corrected chi connectivity index (χ4v) is 3.69. The molecule has 0 fully saturated rings. The van der Waals surface area contributed by atoms with Crippen molar-refractivity contribution in [3.8, 4) is 21.8 Å². The number of aromatic amines is 1. The average Bonchev–Trinajstić information content (AvgIpc) is 3.37. The van der Waals surface area contributed by atoms with Gasteiger partial charge in [0.25, 0.3) is 0 Å². The maximum Gasteiger partial charge on any atom is 0.151 e. The van der Waals surface area contributed by atoms with E-state index in [0.29, 0.717) is 6.54 Å². The molecule has 0 aromatic carbocycles. The molecule has 0 amide bonds. The molecule has 0 aliphatic rings. The largest absolute Gasteiger partial charge is 0.359 e. The number of rotatable bonds is 6. The van der Waals surface area contributed by atoms with Crippen LogP contribution >= 0.6 is 11.3 Å². The van der Waals surface area contributed by atoms with Crippen LogP contribution in [0.1, 0.15) is 10.6 Å². The number of H-pyrrole nitrogens is 1. The lowest BCUT2D eigenvalue weighted by molar-refractivity contribution is 0.268. The molecule has 0 bridgehead atoms. The predicted octanol–water partition coefficient (Wildman–Crippen LogP) is 3.82. The van der Waals surface area contributed by atoms with E-state index in [1.54, 1.807) is 29.9 Å². The average molecular weight is 351 g/mol. The Hall–Kier alpha value is -2.77. The zero-order valence-corrected chi connectivity index (χ0v) is 14.5. The van der Waals surface area contributed by atoms with Gasteiger partial charge in [0.2, 0.25) is 0 Å². The molecule has 4 rings (SSSR count). The van der Waals surface area contributed by atoms with Crippen LogP contribution in [-0.2, 0) is 13.1 Å². The molecular weight excluding hydrogens is 334 g/mol. The smallest absolute Gasteiger partial charge is 0.151 e. The second-order valence-electron chi connectivity index (χ2n) is 5.83. The van der Waals surface area contributed by atoms with E-state index in [4.69, 9.17) is 4.52 Å². The summed E-state index contributed by atoms with van der Waals surface area (Å²) in [7, 11) is 2.07. The summed E-state index contributed by atoms with van der Waals surface area (Å²) in [4.78, 5) is 8.80. The molecule has 25 heavy (non-hydrogen) atoms. The zero-order valence-electron chi connectivity index (χ0n) is 13.7. The summed E-state index contributed by atoms with van der Waals surface area (Å²) < 4.78 is 5.46. The van der Waals surface area contributed by atoms with Crippen molar-refractivity contribution < 1.29 is 4.52 Å². The molecule has 126 valence electrons. The summed E-state index contributed by atoms with van der Waals surface area (Å²) >= 11 is 1.76. The van der Waals surface area contributed by atoms with Gasteiger partial charge in [-0.1, -0.05) is 5.16 Å². The van der Waals surface area contributed by atoms with Gasteiger partial charge in [-0.05, 0) is 37.4 Å². The Morgan fingerprint density at radius 3 is 2.92 bits per heavy atom. The van der Waals surface area contributed by atoms with Crippen molar-refractivity contribution >= 4 is 11.3 Å². The second kappa shape index (κ2) is 7.00. The Bertz CT molecular complexity index is 929. The summed E-state index contributed by atoms with van der Waals surface area (Å²) in [6.07, 6.45) is 5.30. The first kappa shape index (κ1) is 15.7. The fraction of sp³-hybridized carbons (Fsp3) is 0.167. The van der Waals surface area contributed by atoms with Crippen LogP contribution in [0.2, 0.25) is 0 Å². The molecule has 4 aromatic heterocycles. The molecule has 0 spiro atoms. The van der Waals surface area contributed by atoms with E-state index in [1.807, 2.05) is 24.3 Å². The Labute approximate surface area is 149 Å². The Kier molecular flexibility index (Phi) is 4.41. The van der Waals surface area contributed by atoms with Gasteiger partial charge in [-0.3, -0.25) is 15.0 Å². The minimum Gasteiger partial charge on any atom is -0.359 e. The van der Waals surface area contributed by atoms with Gasteiger partial charge in [0.05, 0.1) is 17.1 Å². The lowest BCUT2D eigenvalue weighted by Crippen LogP contribution is -2.16. The molecule has 1 N–H and O–H groups in total. The zero-order chi connectivity index (χ0) is 17.1. The highest BCUT2D eigenvalue weighted by Gasteiger charge is 2.11. The van der Waals surface area contributed by atoms with Crippen LogP contribution in [0.15, 0.2) is 59.5 Å². The first-order valence-corrected chi connectivity index (χ1v) is 8.72. The molecule has 0 atom stereocenters. The summed E-state index contributed by atoms with van der Waals surface area (Å²) in [5.74, 6) is 0.840. The molecule has 0 radical (unpaired) electrons. The van der Waals surface area contributed by atoms with Gasteiger partial charge in [0.1, 0.15) is 5.69 Å². The number of aromatic nitrogens is 4. The number of hydrogen-bond acceptors (Lipinski definition) is 6. The Balaban J connectivity index is 1.39. The minimum absolute atomic E-state index is 0.699. The van der Waals surface area contributed by atoms with Crippen LogP contribution in [0.5, 0.6) is 0 Å². The first-order chi connectivity index (χ1) is 12.3. The summed E-state index contributed by atoms with van der Waals surface area (Å²) in [6, 6.07) is 12.1. The van der Waals surface area contributed by atoms with Gasteiger partial charge in [0, 0.05) is 41.6 Å². The van der Waals surface area contributed by atoms with Gasteiger partial charge >= 0.3 is 0 Å². The number of thiophene rings is 1. The fourth-order valence-electron chi connectivity index (χ4n) is 2.63. The third kappa shape index (κ3) is 3.67. The van der Waals surface area contributed by atoms with Crippen molar-refractivity contribution in [2.45, 2.75) is 13.1 Å². The number of nitrogens with zero attached hydrogens (tertiary/aromatic N) is 4. The number of pyridine rings is 1. The standard InChI is InChI=1S/C18H17N5OS/c1-23(12-15-4-5-18(25-15)16-6-8-20-21-16)11-14-9-17(22-24-14)13-3-2-7-19-10-13/h2-10H,11-12H2,1H3,(H,20,21). The Morgan fingerprint density at radius 1 is 1.16 bits per heavy atom. The third-order valence-corrected chi connectivity index (χ3v) is 4.90. The lowest BCUT2D eigenvalue weighted by Gasteiger charge is -2.12. The van der Waals surface area contributed by atoms with Crippen molar-refractivity contribution in [1.82, 2.24) is 25.2 Å². The van der Waals surface area contributed by atoms with Gasteiger partial charge in [-0.2, -0.15) is 5.10 Å². The van der Waals surface area contributed by atoms with Gasteiger partial charge in [-0.25, -0.2) is 0 Å². The number of hydrogen-bond donors (Lipinski definition) is 1. The van der Waals surface area contributed by atoms with Crippen LogP contribution in [0.3, 0.4) is 0 Å². The van der Waals surface area contributed by atoms with E-state index in [1.165, 1.54) is 9.75 Å². The van der Waals surface area contributed by atoms with E-state index in [0.717, 1.165) is 29.3 Å². The Morgan fingerprint density at radius 2 is 2.12 bits per heavy atom. The van der Waals surface area contributed by atoms with Crippen LogP contribution in [-0.4, -0.2) is 32.3 Å². The molecule has 4 heterocycles. The van der Waals surface area contributed by atoms with Crippen LogP contribution in [0.25, 0.3) is 21.8 Å². The van der Waals surface area contributed by atoms with Crippen molar-refractivity contribution in [1.29, 1.82) is 0 Å². The quantitative estimate of drug-likeness (QED) is 0.572. The van der Waals surface area contributed by atoms with E-state index >= 15 is 0 Å². The maximum absolute atomic E-state index is 5.46. The van der Waals surface area contributed by atoms with Crippen LogP contribution in [0, 0.1) is 0 Å². The van der Waals surface area contributed by atoms with Crippen LogP contribution < -0.4 is 0 Å². The minimum atomic E-state index is 0.699. The predicted molar refractivity (Wildman–Crippen MR) is 96.8 cm³/mol. The van der Waals surface area contributed by atoms with E-state index in [2.05, 4.69) is 44.4 Å². The molecule has 0 unspecified atom stereocenters. The molecule has 0 saturated heterocycles. The molecule has 4 aromatic rings. The number of nitrogens with one attached hydrogen (secondary N) is 1. The van der Waals surface area contributed by atoms with E-state index in [9.17, 15) is 0 Å². The SMILES string of the molecule is CN(Cc1cc(-c2cccnc2)no1)Cc1ccc(-c2ccn[nH]2)s1. The third-order valence-electron chi connectivity index (χ3n) is 3.80.